The molecule has 1 aromatic carbocycles. The van der Waals surface area contributed by atoms with E-state index in [1.165, 1.54) is 0 Å². The molecule has 0 unspecified atom stereocenters. The minimum Gasteiger partial charge on any atom is -0.491 e. The summed E-state index contributed by atoms with van der Waals surface area (Å²) in [6.45, 7) is 10.3. The van der Waals surface area contributed by atoms with Crippen LogP contribution in [0.25, 0.3) is 0 Å². The summed E-state index contributed by atoms with van der Waals surface area (Å²) in [7, 11) is 0. The number of hydrogen-bond donors (Lipinski definition) is 1. The zero-order valence-corrected chi connectivity index (χ0v) is 16.2. The molecule has 2 aromatic rings. The second kappa shape index (κ2) is 6.75. The van der Waals surface area contributed by atoms with Crippen molar-refractivity contribution in [1.82, 2.24) is 9.78 Å². The predicted molar refractivity (Wildman–Crippen MR) is 102 cm³/mol. The van der Waals surface area contributed by atoms with Gasteiger partial charge in [-0.3, -0.25) is 4.79 Å². The van der Waals surface area contributed by atoms with Crippen molar-refractivity contribution in [2.45, 2.75) is 51.5 Å². The first kappa shape index (κ1) is 17.9. The molecule has 5 nitrogen and oxygen atoms in total. The van der Waals surface area contributed by atoms with Gasteiger partial charge in [0.15, 0.2) is 0 Å². The lowest BCUT2D eigenvalue weighted by Gasteiger charge is -2.23. The number of carbonyl (C=O) groups is 1. The van der Waals surface area contributed by atoms with Crippen LogP contribution in [0.5, 0.6) is 5.75 Å². The predicted octanol–water partition coefficient (Wildman–Crippen LogP) is 4.20. The van der Waals surface area contributed by atoms with Gasteiger partial charge >= 0.3 is 0 Å². The van der Waals surface area contributed by atoms with E-state index >= 15 is 0 Å². The standard InChI is InChI=1S/C19H25N3O2S/c1-12(2)24-14-8-6-7-13(9-14)17-15-10-20-22(19(3,4)5)18(15)21-16(23)11-25-17/h6-10,12,17H,11H2,1-5H3,(H,21,23)/t17-/m1/s1. The highest BCUT2D eigenvalue weighted by Crippen LogP contribution is 2.43. The molecule has 0 bridgehead atoms. The number of hydrogen-bond acceptors (Lipinski definition) is 4. The zero-order valence-electron chi connectivity index (χ0n) is 15.4. The number of thioether (sulfide) groups is 1. The Hall–Kier alpha value is -1.95. The van der Waals surface area contributed by atoms with Crippen molar-refractivity contribution >= 4 is 23.5 Å². The largest absolute Gasteiger partial charge is 0.491 e. The summed E-state index contributed by atoms with van der Waals surface area (Å²) in [6.07, 6.45) is 2.00. The van der Waals surface area contributed by atoms with Gasteiger partial charge in [0.2, 0.25) is 5.91 Å². The van der Waals surface area contributed by atoms with Crippen LogP contribution in [0, 0.1) is 0 Å². The Morgan fingerprint density at radius 3 is 2.80 bits per heavy atom. The second-order valence-electron chi connectivity index (χ2n) is 7.51. The fraction of sp³-hybridized carbons (Fsp3) is 0.474. The molecule has 1 aliphatic rings. The van der Waals surface area contributed by atoms with Crippen molar-refractivity contribution in [3.05, 3.63) is 41.6 Å². The van der Waals surface area contributed by atoms with Gasteiger partial charge in [0.05, 0.1) is 28.8 Å². The second-order valence-corrected chi connectivity index (χ2v) is 8.60. The molecule has 0 saturated heterocycles. The Kier molecular flexibility index (Phi) is 4.82. The first-order chi connectivity index (χ1) is 11.8. The van der Waals surface area contributed by atoms with E-state index in [2.05, 4.69) is 43.3 Å². The molecule has 0 radical (unpaired) electrons. The summed E-state index contributed by atoms with van der Waals surface area (Å²) in [4.78, 5) is 12.2. The van der Waals surface area contributed by atoms with E-state index in [4.69, 9.17) is 4.74 Å². The molecule has 0 saturated carbocycles. The van der Waals surface area contributed by atoms with Gasteiger partial charge in [0, 0.05) is 5.56 Å². The lowest BCUT2D eigenvalue weighted by Crippen LogP contribution is -2.27. The normalized spacial score (nSPS) is 17.8. The highest BCUT2D eigenvalue weighted by Gasteiger charge is 2.30. The van der Waals surface area contributed by atoms with Gasteiger partial charge in [-0.1, -0.05) is 12.1 Å². The number of amides is 1. The first-order valence-electron chi connectivity index (χ1n) is 8.52. The maximum atomic E-state index is 12.2. The SMILES string of the molecule is CC(C)Oc1cccc([C@H]2SCC(=O)Nc3c2cnn3C(C)(C)C)c1. The van der Waals surface area contributed by atoms with Crippen LogP contribution in [0.4, 0.5) is 5.82 Å². The zero-order chi connectivity index (χ0) is 18.2. The monoisotopic (exact) mass is 359 g/mol. The molecule has 3 rings (SSSR count). The molecule has 0 fully saturated rings. The number of ether oxygens (including phenoxy) is 1. The van der Waals surface area contributed by atoms with Gasteiger partial charge in [0.1, 0.15) is 11.6 Å². The Balaban J connectivity index is 2.04. The van der Waals surface area contributed by atoms with Crippen LogP contribution >= 0.6 is 11.8 Å². The van der Waals surface area contributed by atoms with Gasteiger partial charge in [0.25, 0.3) is 0 Å². The minimum absolute atomic E-state index is 0.00864. The summed E-state index contributed by atoms with van der Waals surface area (Å²) in [6, 6.07) is 8.11. The quantitative estimate of drug-likeness (QED) is 0.892. The number of nitrogens with one attached hydrogen (secondary N) is 1. The van der Waals surface area contributed by atoms with Crippen LogP contribution in [0.1, 0.15) is 51.0 Å². The van der Waals surface area contributed by atoms with Gasteiger partial charge < -0.3 is 10.1 Å². The summed E-state index contributed by atoms with van der Waals surface area (Å²) in [5.41, 5.74) is 1.95. The minimum atomic E-state index is -0.205. The highest BCUT2D eigenvalue weighted by atomic mass is 32.2. The van der Waals surface area contributed by atoms with E-state index in [1.54, 1.807) is 11.8 Å². The van der Waals surface area contributed by atoms with Gasteiger partial charge in [-0.15, -0.1) is 11.8 Å². The molecule has 1 atom stereocenters. The molecule has 1 amide bonds. The summed E-state index contributed by atoms with van der Waals surface area (Å²) < 4.78 is 7.73. The Morgan fingerprint density at radius 1 is 1.36 bits per heavy atom. The van der Waals surface area contributed by atoms with Crippen LogP contribution in [0.2, 0.25) is 0 Å². The number of anilines is 1. The van der Waals surface area contributed by atoms with E-state index in [-0.39, 0.29) is 22.8 Å². The summed E-state index contributed by atoms with van der Waals surface area (Å²) >= 11 is 1.62. The Bertz CT molecular complexity index is 777. The van der Waals surface area contributed by atoms with Gasteiger partial charge in [-0.25, -0.2) is 4.68 Å². The van der Waals surface area contributed by atoms with Crippen LogP contribution in [-0.4, -0.2) is 27.5 Å². The number of rotatable bonds is 3. The maximum absolute atomic E-state index is 12.2. The van der Waals surface area contributed by atoms with Crippen molar-refractivity contribution in [3.8, 4) is 5.75 Å². The molecule has 2 heterocycles. The molecule has 1 aliphatic heterocycles. The maximum Gasteiger partial charge on any atom is 0.235 e. The highest BCUT2D eigenvalue weighted by molar-refractivity contribution is 8.00. The summed E-state index contributed by atoms with van der Waals surface area (Å²) in [5.74, 6) is 2.07. The third kappa shape index (κ3) is 3.84. The fourth-order valence-corrected chi connectivity index (χ4v) is 3.98. The van der Waals surface area contributed by atoms with Crippen molar-refractivity contribution in [3.63, 3.8) is 0 Å². The van der Waals surface area contributed by atoms with Crippen LogP contribution in [0.15, 0.2) is 30.5 Å². The third-order valence-corrected chi connectivity index (χ3v) is 5.18. The van der Waals surface area contributed by atoms with Crippen molar-refractivity contribution in [2.24, 2.45) is 0 Å². The lowest BCUT2D eigenvalue weighted by molar-refractivity contribution is -0.113. The van der Waals surface area contributed by atoms with Crippen LogP contribution in [0.3, 0.4) is 0 Å². The number of carbonyl (C=O) groups excluding carboxylic acids is 1. The van der Waals surface area contributed by atoms with Gasteiger partial charge in [-0.05, 0) is 52.3 Å². The molecule has 0 aliphatic carbocycles. The van der Waals surface area contributed by atoms with E-state index in [0.717, 1.165) is 22.7 Å². The molecule has 6 heteroatoms. The molecule has 1 aromatic heterocycles. The van der Waals surface area contributed by atoms with Crippen LogP contribution in [-0.2, 0) is 10.3 Å². The van der Waals surface area contributed by atoms with Crippen LogP contribution < -0.4 is 10.1 Å². The van der Waals surface area contributed by atoms with Crippen molar-refractivity contribution in [2.75, 3.05) is 11.1 Å². The molecule has 25 heavy (non-hydrogen) atoms. The first-order valence-corrected chi connectivity index (χ1v) is 9.57. The van der Waals surface area contributed by atoms with Crippen molar-refractivity contribution in [1.29, 1.82) is 0 Å². The van der Waals surface area contributed by atoms with Crippen molar-refractivity contribution < 1.29 is 9.53 Å². The molecular weight excluding hydrogens is 334 g/mol. The number of fused-ring (bicyclic) bond motifs is 1. The topological polar surface area (TPSA) is 56.1 Å². The Labute approximate surface area is 153 Å². The number of nitrogens with zero attached hydrogens (tertiary/aromatic N) is 2. The Morgan fingerprint density at radius 2 is 2.12 bits per heavy atom. The number of benzene rings is 1. The number of aromatic nitrogens is 2. The molecular formula is C19H25N3O2S. The average molecular weight is 359 g/mol. The summed E-state index contributed by atoms with van der Waals surface area (Å²) in [5, 5.41) is 7.63. The van der Waals surface area contributed by atoms with E-state index in [1.807, 2.05) is 36.9 Å². The third-order valence-electron chi connectivity index (χ3n) is 3.89. The van der Waals surface area contributed by atoms with E-state index < -0.39 is 0 Å². The van der Waals surface area contributed by atoms with E-state index in [9.17, 15) is 4.79 Å². The fourth-order valence-electron chi connectivity index (χ4n) is 2.90. The molecule has 134 valence electrons. The molecule has 0 spiro atoms. The van der Waals surface area contributed by atoms with Gasteiger partial charge in [-0.2, -0.15) is 5.10 Å². The average Bonchev–Trinajstić information content (AvgIpc) is 2.84. The van der Waals surface area contributed by atoms with E-state index in [0.29, 0.717) is 5.75 Å². The smallest absolute Gasteiger partial charge is 0.235 e. The molecule has 1 N–H and O–H groups in total. The lowest BCUT2D eigenvalue weighted by atomic mass is 10.1.